The van der Waals surface area contributed by atoms with E-state index in [-0.39, 0.29) is 12.1 Å². The first-order chi connectivity index (χ1) is 7.61. The highest BCUT2D eigenvalue weighted by Gasteiger charge is 2.21. The van der Waals surface area contributed by atoms with E-state index in [0.29, 0.717) is 6.04 Å². The fourth-order valence-electron chi connectivity index (χ4n) is 2.49. The zero-order chi connectivity index (χ0) is 12.0. The average Bonchev–Trinajstić information content (AvgIpc) is 2.20. The molecule has 1 aliphatic rings. The Morgan fingerprint density at radius 3 is 2.38 bits per heavy atom. The third-order valence-electron chi connectivity index (χ3n) is 3.30. The predicted molar refractivity (Wildman–Crippen MR) is 67.5 cm³/mol. The molecule has 1 rings (SSSR count). The van der Waals surface area contributed by atoms with E-state index in [9.17, 15) is 4.79 Å². The molecule has 0 unspecified atom stereocenters. The van der Waals surface area contributed by atoms with Crippen LogP contribution >= 0.6 is 0 Å². The van der Waals surface area contributed by atoms with Crippen LogP contribution in [0.3, 0.4) is 0 Å². The standard InChI is InChI=1S/C13H26N2O/c1-4-5-11-6-8-12(9-7-11)15-13(16)14-10(2)3/h10-12H,4-9H2,1-3H3,(H2,14,15,16). The maximum atomic E-state index is 11.5. The summed E-state index contributed by atoms with van der Waals surface area (Å²) in [6.45, 7) is 6.22. The van der Waals surface area contributed by atoms with Gasteiger partial charge in [-0.05, 0) is 45.4 Å². The van der Waals surface area contributed by atoms with Gasteiger partial charge in [0.05, 0.1) is 0 Å². The topological polar surface area (TPSA) is 41.1 Å². The average molecular weight is 226 g/mol. The Morgan fingerprint density at radius 2 is 1.88 bits per heavy atom. The summed E-state index contributed by atoms with van der Waals surface area (Å²) in [7, 11) is 0. The zero-order valence-electron chi connectivity index (χ0n) is 10.9. The second-order valence-corrected chi connectivity index (χ2v) is 5.28. The van der Waals surface area contributed by atoms with Gasteiger partial charge in [-0.1, -0.05) is 19.8 Å². The van der Waals surface area contributed by atoms with E-state index in [1.54, 1.807) is 0 Å². The van der Waals surface area contributed by atoms with E-state index in [2.05, 4.69) is 17.6 Å². The van der Waals surface area contributed by atoms with Crippen molar-refractivity contribution >= 4 is 6.03 Å². The minimum atomic E-state index is -0.00561. The SMILES string of the molecule is CCCC1CCC(NC(=O)NC(C)C)CC1. The number of urea groups is 1. The van der Waals surface area contributed by atoms with E-state index in [1.165, 1.54) is 25.7 Å². The van der Waals surface area contributed by atoms with E-state index in [1.807, 2.05) is 13.8 Å². The van der Waals surface area contributed by atoms with Gasteiger partial charge in [-0.25, -0.2) is 4.79 Å². The molecule has 3 heteroatoms. The third-order valence-corrected chi connectivity index (χ3v) is 3.30. The molecular weight excluding hydrogens is 200 g/mol. The van der Waals surface area contributed by atoms with Crippen molar-refractivity contribution < 1.29 is 4.79 Å². The van der Waals surface area contributed by atoms with Crippen molar-refractivity contribution in [2.45, 2.75) is 71.4 Å². The highest BCUT2D eigenvalue weighted by atomic mass is 16.2. The number of rotatable bonds is 4. The summed E-state index contributed by atoms with van der Waals surface area (Å²) < 4.78 is 0. The van der Waals surface area contributed by atoms with Gasteiger partial charge in [0.2, 0.25) is 0 Å². The molecule has 1 fully saturated rings. The summed E-state index contributed by atoms with van der Waals surface area (Å²) in [5, 5.41) is 5.94. The van der Waals surface area contributed by atoms with Gasteiger partial charge >= 0.3 is 6.03 Å². The van der Waals surface area contributed by atoms with Gasteiger partial charge in [-0.3, -0.25) is 0 Å². The van der Waals surface area contributed by atoms with Crippen molar-refractivity contribution in [1.29, 1.82) is 0 Å². The normalized spacial score (nSPS) is 25.5. The van der Waals surface area contributed by atoms with Gasteiger partial charge in [0.15, 0.2) is 0 Å². The molecule has 94 valence electrons. The number of carbonyl (C=O) groups excluding carboxylic acids is 1. The number of hydrogen-bond acceptors (Lipinski definition) is 1. The molecule has 2 N–H and O–H groups in total. The molecule has 0 aromatic heterocycles. The van der Waals surface area contributed by atoms with Crippen molar-refractivity contribution in [2.75, 3.05) is 0 Å². The van der Waals surface area contributed by atoms with Crippen molar-refractivity contribution in [3.63, 3.8) is 0 Å². The fraction of sp³-hybridized carbons (Fsp3) is 0.923. The lowest BCUT2D eigenvalue weighted by Crippen LogP contribution is -2.45. The van der Waals surface area contributed by atoms with E-state index >= 15 is 0 Å². The molecule has 2 amide bonds. The van der Waals surface area contributed by atoms with Crippen LogP contribution in [0.25, 0.3) is 0 Å². The molecule has 0 radical (unpaired) electrons. The smallest absolute Gasteiger partial charge is 0.315 e. The maximum absolute atomic E-state index is 11.5. The Labute approximate surface area is 99.4 Å². The highest BCUT2D eigenvalue weighted by Crippen LogP contribution is 2.27. The summed E-state index contributed by atoms with van der Waals surface area (Å²) in [5.74, 6) is 0.899. The lowest BCUT2D eigenvalue weighted by molar-refractivity contribution is 0.223. The van der Waals surface area contributed by atoms with Gasteiger partial charge in [0.25, 0.3) is 0 Å². The van der Waals surface area contributed by atoms with Crippen LogP contribution in [-0.2, 0) is 0 Å². The van der Waals surface area contributed by atoms with Crippen LogP contribution in [0.2, 0.25) is 0 Å². The van der Waals surface area contributed by atoms with Gasteiger partial charge in [-0.15, -0.1) is 0 Å². The molecule has 1 aliphatic carbocycles. The summed E-state index contributed by atoms with van der Waals surface area (Å²) in [6, 6.07) is 0.609. The van der Waals surface area contributed by atoms with Crippen LogP contribution in [0.4, 0.5) is 4.79 Å². The first kappa shape index (κ1) is 13.3. The second-order valence-electron chi connectivity index (χ2n) is 5.28. The Bertz CT molecular complexity index is 208. The zero-order valence-corrected chi connectivity index (χ0v) is 10.9. The van der Waals surface area contributed by atoms with Crippen LogP contribution in [-0.4, -0.2) is 18.1 Å². The van der Waals surface area contributed by atoms with Crippen LogP contribution in [0.15, 0.2) is 0 Å². The molecular formula is C13H26N2O. The second kappa shape index (κ2) is 6.77. The van der Waals surface area contributed by atoms with Gasteiger partial charge in [0, 0.05) is 12.1 Å². The Balaban J connectivity index is 2.19. The van der Waals surface area contributed by atoms with Gasteiger partial charge in [-0.2, -0.15) is 0 Å². The number of nitrogens with one attached hydrogen (secondary N) is 2. The number of amides is 2. The molecule has 1 saturated carbocycles. The van der Waals surface area contributed by atoms with Crippen LogP contribution in [0.5, 0.6) is 0 Å². The molecule has 0 bridgehead atoms. The van der Waals surface area contributed by atoms with Crippen molar-refractivity contribution in [2.24, 2.45) is 5.92 Å². The van der Waals surface area contributed by atoms with Crippen LogP contribution < -0.4 is 10.6 Å². The summed E-state index contributed by atoms with van der Waals surface area (Å²) in [5.41, 5.74) is 0. The summed E-state index contributed by atoms with van der Waals surface area (Å²) in [4.78, 5) is 11.5. The molecule has 0 saturated heterocycles. The van der Waals surface area contributed by atoms with E-state index in [0.717, 1.165) is 18.8 Å². The molecule has 0 heterocycles. The lowest BCUT2D eigenvalue weighted by Gasteiger charge is -2.29. The molecule has 0 aromatic carbocycles. The Kier molecular flexibility index (Phi) is 5.64. The van der Waals surface area contributed by atoms with Crippen LogP contribution in [0, 0.1) is 5.92 Å². The van der Waals surface area contributed by atoms with E-state index < -0.39 is 0 Å². The monoisotopic (exact) mass is 226 g/mol. The molecule has 16 heavy (non-hydrogen) atoms. The summed E-state index contributed by atoms with van der Waals surface area (Å²) >= 11 is 0. The number of carbonyl (C=O) groups is 1. The first-order valence-corrected chi connectivity index (χ1v) is 6.68. The summed E-state index contributed by atoms with van der Waals surface area (Å²) in [6.07, 6.45) is 7.49. The molecule has 0 aliphatic heterocycles. The molecule has 0 atom stereocenters. The van der Waals surface area contributed by atoms with E-state index in [4.69, 9.17) is 0 Å². The van der Waals surface area contributed by atoms with Gasteiger partial charge in [0.1, 0.15) is 0 Å². The maximum Gasteiger partial charge on any atom is 0.315 e. The third kappa shape index (κ3) is 4.86. The Hall–Kier alpha value is -0.730. The molecule has 3 nitrogen and oxygen atoms in total. The minimum absolute atomic E-state index is 0.00561. The predicted octanol–water partition coefficient (Wildman–Crippen LogP) is 3.05. The largest absolute Gasteiger partial charge is 0.336 e. The lowest BCUT2D eigenvalue weighted by atomic mass is 9.83. The van der Waals surface area contributed by atoms with Crippen molar-refractivity contribution in [3.05, 3.63) is 0 Å². The molecule has 0 spiro atoms. The van der Waals surface area contributed by atoms with Gasteiger partial charge < -0.3 is 10.6 Å². The number of hydrogen-bond donors (Lipinski definition) is 2. The fourth-order valence-corrected chi connectivity index (χ4v) is 2.49. The molecule has 0 aromatic rings. The Morgan fingerprint density at radius 1 is 1.25 bits per heavy atom. The van der Waals surface area contributed by atoms with Crippen molar-refractivity contribution in [1.82, 2.24) is 10.6 Å². The van der Waals surface area contributed by atoms with Crippen molar-refractivity contribution in [3.8, 4) is 0 Å². The quantitative estimate of drug-likeness (QED) is 0.760. The minimum Gasteiger partial charge on any atom is -0.336 e. The highest BCUT2D eigenvalue weighted by molar-refractivity contribution is 5.74. The first-order valence-electron chi connectivity index (χ1n) is 6.68. The van der Waals surface area contributed by atoms with Crippen LogP contribution in [0.1, 0.15) is 59.3 Å².